The minimum Gasteiger partial charge on any atom is -0.480 e. The number of nitrogens with zero attached hydrogens (tertiary/aromatic N) is 1. The summed E-state index contributed by atoms with van der Waals surface area (Å²) in [5.41, 5.74) is 1.22. The van der Waals surface area contributed by atoms with Gasteiger partial charge in [-0.1, -0.05) is 18.6 Å². The number of hydrogen-bond acceptors (Lipinski definition) is 3. The predicted octanol–water partition coefficient (Wildman–Crippen LogP) is 3.65. The Morgan fingerprint density at radius 2 is 2.05 bits per heavy atom. The molecule has 1 heterocycles. The van der Waals surface area contributed by atoms with Gasteiger partial charge in [0.05, 0.1) is 0 Å². The molecule has 0 amide bonds. The molecule has 4 heteroatoms. The van der Waals surface area contributed by atoms with Gasteiger partial charge < -0.3 is 5.11 Å². The summed E-state index contributed by atoms with van der Waals surface area (Å²) in [6.45, 7) is 3.08. The zero-order chi connectivity index (χ0) is 15.0. The first-order chi connectivity index (χ1) is 10.1. The van der Waals surface area contributed by atoms with Crippen molar-refractivity contribution >= 4 is 17.7 Å². The molecule has 0 bridgehead atoms. The number of carboxylic acids is 1. The van der Waals surface area contributed by atoms with E-state index < -0.39 is 5.97 Å². The van der Waals surface area contributed by atoms with Crippen LogP contribution in [0.1, 0.15) is 37.8 Å². The number of carboxylic acid groups (broad SMARTS) is 1. The maximum absolute atomic E-state index is 11.7. The molecule has 2 aliphatic rings. The number of likely N-dealkylation sites (tertiary alicyclic amines) is 1. The van der Waals surface area contributed by atoms with Crippen LogP contribution in [0.15, 0.2) is 29.2 Å². The van der Waals surface area contributed by atoms with Gasteiger partial charge in [-0.25, -0.2) is 0 Å². The van der Waals surface area contributed by atoms with Gasteiger partial charge in [0.2, 0.25) is 0 Å². The molecule has 1 saturated carbocycles. The maximum atomic E-state index is 11.7. The van der Waals surface area contributed by atoms with Gasteiger partial charge in [0, 0.05) is 17.5 Å². The molecular formula is C17H23NO2S. The Hall–Kier alpha value is -1.00. The molecule has 4 atom stereocenters. The number of rotatable bonds is 4. The third kappa shape index (κ3) is 2.71. The van der Waals surface area contributed by atoms with Gasteiger partial charge in [0.1, 0.15) is 6.04 Å². The zero-order valence-corrected chi connectivity index (χ0v) is 13.5. The third-order valence-electron chi connectivity index (χ3n) is 5.27. The van der Waals surface area contributed by atoms with Gasteiger partial charge in [-0.2, -0.15) is 0 Å². The molecule has 0 spiro atoms. The van der Waals surface area contributed by atoms with Crippen molar-refractivity contribution in [1.29, 1.82) is 0 Å². The highest BCUT2D eigenvalue weighted by Crippen LogP contribution is 2.45. The van der Waals surface area contributed by atoms with Crippen molar-refractivity contribution in [3.8, 4) is 0 Å². The second-order valence-corrected chi connectivity index (χ2v) is 7.16. The fourth-order valence-corrected chi connectivity index (χ4v) is 4.54. The molecule has 0 radical (unpaired) electrons. The SMILES string of the molecule is CSc1ccc(C(C)N2CC3CCCC3C2C(=O)O)cc1. The van der Waals surface area contributed by atoms with Crippen molar-refractivity contribution in [3.63, 3.8) is 0 Å². The van der Waals surface area contributed by atoms with Gasteiger partial charge in [0.15, 0.2) is 0 Å². The number of benzene rings is 1. The van der Waals surface area contributed by atoms with Crippen LogP contribution in [0, 0.1) is 11.8 Å². The van der Waals surface area contributed by atoms with Gasteiger partial charge >= 0.3 is 5.97 Å². The standard InChI is InChI=1S/C17H23NO2S/c1-11(12-6-8-14(21-2)9-7-12)18-10-13-4-3-5-15(13)16(18)17(19)20/h6-9,11,13,15-16H,3-5,10H2,1-2H3,(H,19,20). The van der Waals surface area contributed by atoms with Gasteiger partial charge in [0.25, 0.3) is 0 Å². The van der Waals surface area contributed by atoms with Crippen LogP contribution < -0.4 is 0 Å². The first-order valence-corrected chi connectivity index (χ1v) is 8.96. The smallest absolute Gasteiger partial charge is 0.321 e. The third-order valence-corrected chi connectivity index (χ3v) is 6.02. The lowest BCUT2D eigenvalue weighted by Gasteiger charge is -2.30. The summed E-state index contributed by atoms with van der Waals surface area (Å²) in [5.74, 6) is 0.298. The second kappa shape index (κ2) is 6.01. The van der Waals surface area contributed by atoms with Crippen LogP contribution in [0.4, 0.5) is 0 Å². The Labute approximate surface area is 130 Å². The van der Waals surface area contributed by atoms with E-state index in [4.69, 9.17) is 0 Å². The lowest BCUT2D eigenvalue weighted by Crippen LogP contribution is -2.41. The average Bonchev–Trinajstić information content (AvgIpc) is 3.06. The van der Waals surface area contributed by atoms with Crippen molar-refractivity contribution in [3.05, 3.63) is 29.8 Å². The van der Waals surface area contributed by atoms with Crippen LogP contribution in [0.5, 0.6) is 0 Å². The van der Waals surface area contributed by atoms with E-state index in [1.165, 1.54) is 23.3 Å². The maximum Gasteiger partial charge on any atom is 0.321 e. The lowest BCUT2D eigenvalue weighted by molar-refractivity contribution is -0.144. The fourth-order valence-electron chi connectivity index (χ4n) is 4.14. The highest BCUT2D eigenvalue weighted by Gasteiger charge is 2.49. The minimum absolute atomic E-state index is 0.174. The van der Waals surface area contributed by atoms with Crippen LogP contribution in [0.25, 0.3) is 0 Å². The molecule has 1 aliphatic carbocycles. The summed E-state index contributed by atoms with van der Waals surface area (Å²) in [6, 6.07) is 8.42. The van der Waals surface area contributed by atoms with Crippen molar-refractivity contribution in [1.82, 2.24) is 4.90 Å². The van der Waals surface area contributed by atoms with E-state index in [2.05, 4.69) is 42.3 Å². The monoisotopic (exact) mass is 305 g/mol. The second-order valence-electron chi connectivity index (χ2n) is 6.28. The molecule has 1 N–H and O–H groups in total. The van der Waals surface area contributed by atoms with Crippen LogP contribution in [-0.4, -0.2) is 34.8 Å². The number of fused-ring (bicyclic) bond motifs is 1. The first-order valence-electron chi connectivity index (χ1n) is 7.74. The topological polar surface area (TPSA) is 40.5 Å². The van der Waals surface area contributed by atoms with Gasteiger partial charge in [-0.15, -0.1) is 11.8 Å². The van der Waals surface area contributed by atoms with E-state index in [-0.39, 0.29) is 12.1 Å². The number of aliphatic carboxylic acids is 1. The Morgan fingerprint density at radius 1 is 1.33 bits per heavy atom. The van der Waals surface area contributed by atoms with Crippen molar-refractivity contribution in [2.24, 2.45) is 11.8 Å². The molecule has 1 aliphatic heterocycles. The molecule has 1 aromatic carbocycles. The van der Waals surface area contributed by atoms with E-state index in [0.717, 1.165) is 13.0 Å². The molecule has 0 aromatic heterocycles. The van der Waals surface area contributed by atoms with E-state index in [0.29, 0.717) is 11.8 Å². The van der Waals surface area contributed by atoms with Crippen LogP contribution in [-0.2, 0) is 4.79 Å². The first kappa shape index (κ1) is 14.9. The Kier molecular flexibility index (Phi) is 4.27. The Bertz CT molecular complexity index is 516. The summed E-state index contributed by atoms with van der Waals surface area (Å²) in [6.07, 6.45) is 5.55. The summed E-state index contributed by atoms with van der Waals surface area (Å²) in [5, 5.41) is 9.66. The summed E-state index contributed by atoms with van der Waals surface area (Å²) in [4.78, 5) is 15.2. The van der Waals surface area contributed by atoms with Crippen molar-refractivity contribution in [2.75, 3.05) is 12.8 Å². The average molecular weight is 305 g/mol. The number of carbonyl (C=O) groups is 1. The van der Waals surface area contributed by atoms with Gasteiger partial charge in [-0.3, -0.25) is 9.69 Å². The highest BCUT2D eigenvalue weighted by atomic mass is 32.2. The highest BCUT2D eigenvalue weighted by molar-refractivity contribution is 7.98. The largest absolute Gasteiger partial charge is 0.480 e. The van der Waals surface area contributed by atoms with Crippen LogP contribution in [0.2, 0.25) is 0 Å². The number of hydrogen-bond donors (Lipinski definition) is 1. The van der Waals surface area contributed by atoms with Gasteiger partial charge in [-0.05, 0) is 55.6 Å². The normalized spacial score (nSPS) is 30.3. The molecule has 21 heavy (non-hydrogen) atoms. The van der Waals surface area contributed by atoms with E-state index in [9.17, 15) is 9.90 Å². The Balaban J connectivity index is 1.82. The quantitative estimate of drug-likeness (QED) is 0.862. The molecule has 2 fully saturated rings. The predicted molar refractivity (Wildman–Crippen MR) is 85.6 cm³/mol. The molecule has 1 aromatic rings. The molecular weight excluding hydrogens is 282 g/mol. The molecule has 3 nitrogen and oxygen atoms in total. The fraction of sp³-hybridized carbons (Fsp3) is 0.588. The van der Waals surface area contributed by atoms with Crippen molar-refractivity contribution in [2.45, 2.75) is 43.2 Å². The molecule has 1 saturated heterocycles. The molecule has 114 valence electrons. The summed E-state index contributed by atoms with van der Waals surface area (Å²) >= 11 is 1.73. The molecule has 4 unspecified atom stereocenters. The number of thioether (sulfide) groups is 1. The summed E-state index contributed by atoms with van der Waals surface area (Å²) in [7, 11) is 0. The summed E-state index contributed by atoms with van der Waals surface area (Å²) < 4.78 is 0. The van der Waals surface area contributed by atoms with Crippen LogP contribution >= 0.6 is 11.8 Å². The van der Waals surface area contributed by atoms with Crippen LogP contribution in [0.3, 0.4) is 0 Å². The lowest BCUT2D eigenvalue weighted by atomic mass is 9.94. The minimum atomic E-state index is -0.642. The Morgan fingerprint density at radius 3 is 2.67 bits per heavy atom. The van der Waals surface area contributed by atoms with E-state index >= 15 is 0 Å². The van der Waals surface area contributed by atoms with E-state index in [1.54, 1.807) is 11.8 Å². The van der Waals surface area contributed by atoms with E-state index in [1.807, 2.05) is 0 Å². The van der Waals surface area contributed by atoms with Crippen molar-refractivity contribution < 1.29 is 9.90 Å². The molecule has 3 rings (SSSR count). The zero-order valence-electron chi connectivity index (χ0n) is 12.7.